The number of nitrogens with one attached hydrogen (secondary N) is 2. The van der Waals surface area contributed by atoms with Crippen LogP contribution in [0.25, 0.3) is 11.1 Å². The Balaban J connectivity index is 0.952. The summed E-state index contributed by atoms with van der Waals surface area (Å²) in [6.07, 6.45) is 3.51. The van der Waals surface area contributed by atoms with Crippen molar-refractivity contribution >= 4 is 61.6 Å². The summed E-state index contributed by atoms with van der Waals surface area (Å²) in [6.45, 7) is 1.93. The fourth-order valence-corrected chi connectivity index (χ4v) is 12.1. The van der Waals surface area contributed by atoms with E-state index in [0.29, 0.717) is 67.0 Å². The molecular formula is C50H45Cl2N5O8S2. The van der Waals surface area contributed by atoms with Gasteiger partial charge in [-0.3, -0.25) is 4.79 Å². The molecule has 9 rings (SSSR count). The fraction of sp³-hybridized carbons (Fsp3) is 0.280. The minimum Gasteiger partial charge on any atom is -0.489 e. The maximum Gasteiger partial charge on any atom is 0.326 e. The highest BCUT2D eigenvalue weighted by Crippen LogP contribution is 2.43. The normalized spacial score (nSPS) is 17.5. The summed E-state index contributed by atoms with van der Waals surface area (Å²) in [7, 11) is -4.37. The number of carbonyl (C=O) groups is 2. The number of hydrogen-bond acceptors (Lipinski definition) is 11. The number of halogens is 2. The van der Waals surface area contributed by atoms with Gasteiger partial charge in [-0.05, 0) is 114 Å². The van der Waals surface area contributed by atoms with Crippen LogP contribution in [0, 0.1) is 18.3 Å². The smallest absolute Gasteiger partial charge is 0.326 e. The third-order valence-electron chi connectivity index (χ3n) is 12.3. The molecular weight excluding hydrogens is 934 g/mol. The van der Waals surface area contributed by atoms with Crippen molar-refractivity contribution < 1.29 is 37.3 Å². The van der Waals surface area contributed by atoms with Crippen molar-refractivity contribution in [2.24, 2.45) is 0 Å². The lowest BCUT2D eigenvalue weighted by atomic mass is 9.94. The van der Waals surface area contributed by atoms with E-state index in [1.807, 2.05) is 54.6 Å². The highest BCUT2D eigenvalue weighted by atomic mass is 35.5. The molecule has 1 amide bonds. The molecule has 6 aromatic rings. The Kier molecular flexibility index (Phi) is 13.4. The lowest BCUT2D eigenvalue weighted by Gasteiger charge is -2.36. The number of amides is 1. The molecule has 1 fully saturated rings. The number of carboxylic acid groups (broad SMARTS) is 1. The van der Waals surface area contributed by atoms with Gasteiger partial charge in [0.2, 0.25) is 5.91 Å². The zero-order valence-corrected chi connectivity index (χ0v) is 39.4. The van der Waals surface area contributed by atoms with E-state index in [4.69, 9.17) is 42.7 Å². The molecule has 0 saturated heterocycles. The minimum atomic E-state index is -4.37. The first-order valence-electron chi connectivity index (χ1n) is 21.8. The van der Waals surface area contributed by atoms with Crippen LogP contribution in [0.1, 0.15) is 70.9 Å². The average Bonchev–Trinajstić information content (AvgIpc) is 4.00. The van der Waals surface area contributed by atoms with E-state index in [9.17, 15) is 23.1 Å². The zero-order chi connectivity index (χ0) is 46.8. The van der Waals surface area contributed by atoms with Gasteiger partial charge in [0.25, 0.3) is 10.0 Å². The van der Waals surface area contributed by atoms with Crippen molar-refractivity contribution in [3.8, 4) is 34.4 Å². The molecule has 1 aliphatic carbocycles. The highest BCUT2D eigenvalue weighted by molar-refractivity contribution is 7.91. The quantitative estimate of drug-likeness (QED) is 0.0946. The molecule has 2 aliphatic heterocycles. The number of carboxylic acids is 1. The van der Waals surface area contributed by atoms with Crippen molar-refractivity contribution in [1.82, 2.24) is 14.6 Å². The van der Waals surface area contributed by atoms with Gasteiger partial charge < -0.3 is 30.0 Å². The first-order chi connectivity index (χ1) is 32.3. The molecule has 3 aliphatic rings. The van der Waals surface area contributed by atoms with Gasteiger partial charge in [0.1, 0.15) is 31.0 Å². The number of anilines is 1. The van der Waals surface area contributed by atoms with E-state index in [2.05, 4.69) is 21.7 Å². The van der Waals surface area contributed by atoms with Crippen LogP contribution < -0.4 is 24.8 Å². The number of rotatable bonds is 14. The van der Waals surface area contributed by atoms with Gasteiger partial charge in [0.15, 0.2) is 26.9 Å². The van der Waals surface area contributed by atoms with E-state index < -0.39 is 40.1 Å². The van der Waals surface area contributed by atoms with Crippen molar-refractivity contribution in [3.05, 3.63) is 152 Å². The Labute approximate surface area is 402 Å². The number of aromatic nitrogens is 1. The number of aryl methyl sites for hydroxylation is 1. The van der Waals surface area contributed by atoms with Crippen molar-refractivity contribution in [3.63, 3.8) is 0 Å². The second-order valence-corrected chi connectivity index (χ2v) is 20.8. The molecule has 13 nitrogen and oxygen atoms in total. The Morgan fingerprint density at radius 3 is 2.30 bits per heavy atom. The second-order valence-electron chi connectivity index (χ2n) is 16.9. The zero-order valence-electron chi connectivity index (χ0n) is 36.2. The maximum atomic E-state index is 14.9. The topological polar surface area (TPSA) is 180 Å². The lowest BCUT2D eigenvalue weighted by molar-refractivity contribution is -0.142. The number of sulfonamides is 1. The number of thiazole rings is 1. The molecule has 0 spiro atoms. The van der Waals surface area contributed by atoms with Crippen LogP contribution in [0.15, 0.2) is 107 Å². The van der Waals surface area contributed by atoms with Crippen molar-refractivity contribution in [2.75, 3.05) is 11.9 Å². The van der Waals surface area contributed by atoms with Gasteiger partial charge in [0, 0.05) is 19.0 Å². The van der Waals surface area contributed by atoms with Crippen LogP contribution >= 0.6 is 34.5 Å². The molecule has 67 heavy (non-hydrogen) atoms. The third-order valence-corrected chi connectivity index (χ3v) is 16.6. The molecule has 1 saturated carbocycles. The molecule has 17 heteroatoms. The molecule has 3 atom stereocenters. The molecule has 3 N–H and O–H groups in total. The highest BCUT2D eigenvalue weighted by Gasteiger charge is 2.43. The van der Waals surface area contributed by atoms with Gasteiger partial charge in [0.05, 0.1) is 27.4 Å². The van der Waals surface area contributed by atoms with E-state index in [1.165, 1.54) is 0 Å². The standard InChI is InChI=1S/C50H45Cl2N5O8S2/c1-29-49(66-50(54-29)55-38-4-2-3-5-38)67(61,62)57-26-37-24-45-44(64-28-46(65-45)35-15-17-39(18-16-35)63-27-32-10-19-40(51)41(52)20-32)23-36(37)22-43(57)47(58)56-42(48(59)60)21-30-6-11-33(12-7-30)34-13-8-31(25-53)9-14-34/h6-20,23-24,38,42-43,46H,2-5,21-22,26-28H2,1H3,(H,54,55)(H,56,58)(H,59,60)/t42?,43-,46+/m0/s1. The van der Waals surface area contributed by atoms with Crippen LogP contribution in [0.4, 0.5) is 5.13 Å². The predicted molar refractivity (Wildman–Crippen MR) is 255 cm³/mol. The van der Waals surface area contributed by atoms with Crippen molar-refractivity contribution in [1.29, 1.82) is 5.26 Å². The summed E-state index contributed by atoms with van der Waals surface area (Å²) in [6, 6.07) is 30.3. The van der Waals surface area contributed by atoms with E-state index in [-0.39, 0.29) is 36.2 Å². The number of aliphatic carboxylic acids is 1. The number of fused-ring (bicyclic) bond motifs is 2. The molecule has 5 aromatic carbocycles. The monoisotopic (exact) mass is 977 g/mol. The summed E-state index contributed by atoms with van der Waals surface area (Å²) >= 11 is 13.2. The summed E-state index contributed by atoms with van der Waals surface area (Å²) in [5.74, 6) is -0.510. The summed E-state index contributed by atoms with van der Waals surface area (Å²) in [5, 5.41) is 27.0. The second kappa shape index (κ2) is 19.6. The molecule has 1 aromatic heterocycles. The first kappa shape index (κ1) is 46.0. The number of nitrogens with zero attached hydrogens (tertiary/aromatic N) is 3. The van der Waals surface area contributed by atoms with E-state index in [0.717, 1.165) is 63.6 Å². The number of hydrogen-bond donors (Lipinski definition) is 3. The Hall–Kier alpha value is -6.15. The van der Waals surface area contributed by atoms with Gasteiger partial charge in [-0.2, -0.15) is 9.57 Å². The van der Waals surface area contributed by atoms with Crippen LogP contribution in [-0.4, -0.2) is 59.4 Å². The fourth-order valence-electron chi connectivity index (χ4n) is 8.65. The SMILES string of the molecule is Cc1nc(NC2CCCC2)sc1S(=O)(=O)N1Cc2cc3c(cc2C[C@H]1C(=O)NC(Cc1ccc(-c2ccc(C#N)cc2)cc1)C(=O)O)OC[C@H](c1ccc(OCc2ccc(Cl)c(Cl)c2)cc1)O3. The largest absolute Gasteiger partial charge is 0.489 e. The van der Waals surface area contributed by atoms with Crippen LogP contribution in [0.5, 0.6) is 17.2 Å². The van der Waals surface area contributed by atoms with E-state index >= 15 is 0 Å². The van der Waals surface area contributed by atoms with Gasteiger partial charge in [-0.25, -0.2) is 18.2 Å². The summed E-state index contributed by atoms with van der Waals surface area (Å²) < 4.78 is 49.6. The van der Waals surface area contributed by atoms with Crippen LogP contribution in [0.2, 0.25) is 10.0 Å². The Bertz CT molecular complexity index is 2970. The molecule has 344 valence electrons. The summed E-state index contributed by atoms with van der Waals surface area (Å²) in [5.41, 5.74) is 6.24. The maximum absolute atomic E-state index is 14.9. The number of nitriles is 1. The van der Waals surface area contributed by atoms with Gasteiger partial charge in [-0.15, -0.1) is 0 Å². The van der Waals surface area contributed by atoms with Gasteiger partial charge >= 0.3 is 5.97 Å². The number of carbonyl (C=O) groups excluding carboxylic acids is 1. The van der Waals surface area contributed by atoms with Crippen molar-refractivity contribution in [2.45, 2.75) is 87.0 Å². The van der Waals surface area contributed by atoms with Gasteiger partial charge in [-0.1, -0.05) is 102 Å². The molecule has 1 unspecified atom stereocenters. The molecule has 3 heterocycles. The lowest BCUT2D eigenvalue weighted by Crippen LogP contribution is -2.55. The predicted octanol–water partition coefficient (Wildman–Crippen LogP) is 9.67. The average molecular weight is 979 g/mol. The number of benzene rings is 5. The molecule has 0 bridgehead atoms. The summed E-state index contributed by atoms with van der Waals surface area (Å²) in [4.78, 5) is 31.8. The Morgan fingerprint density at radius 2 is 1.61 bits per heavy atom. The number of ether oxygens (including phenoxy) is 3. The van der Waals surface area contributed by atoms with E-state index in [1.54, 1.807) is 55.5 Å². The Morgan fingerprint density at radius 1 is 0.925 bits per heavy atom. The molecule has 0 radical (unpaired) electrons. The third kappa shape index (κ3) is 10.2. The van der Waals surface area contributed by atoms with Crippen LogP contribution in [0.3, 0.4) is 0 Å². The first-order valence-corrected chi connectivity index (χ1v) is 24.8. The van der Waals surface area contributed by atoms with Crippen LogP contribution in [-0.2, 0) is 45.6 Å². The minimum absolute atomic E-state index is 0.00776.